The second-order valence-electron chi connectivity index (χ2n) is 4.49. The number of imidazole rings is 1. The Morgan fingerprint density at radius 2 is 2.29 bits per heavy atom. The van der Waals surface area contributed by atoms with Crippen molar-refractivity contribution in [1.29, 1.82) is 0 Å². The van der Waals surface area contributed by atoms with Gasteiger partial charge in [-0.25, -0.2) is 4.39 Å². The van der Waals surface area contributed by atoms with Crippen molar-refractivity contribution < 1.29 is 14.1 Å². The smallest absolute Gasteiger partial charge is 0.358 e. The average Bonchev–Trinajstić information content (AvgIpc) is 2.90. The van der Waals surface area contributed by atoms with E-state index in [2.05, 4.69) is 10.3 Å². The molecule has 0 bridgehead atoms. The summed E-state index contributed by atoms with van der Waals surface area (Å²) < 4.78 is 14.8. The van der Waals surface area contributed by atoms with Gasteiger partial charge in [-0.1, -0.05) is 6.07 Å². The van der Waals surface area contributed by atoms with E-state index in [1.807, 2.05) is 0 Å². The molecule has 1 amide bonds. The van der Waals surface area contributed by atoms with Gasteiger partial charge >= 0.3 is 5.82 Å². The first kappa shape index (κ1) is 14.6. The first-order valence-electron chi connectivity index (χ1n) is 6.18. The van der Waals surface area contributed by atoms with E-state index in [0.29, 0.717) is 11.3 Å². The number of nitrogens with one attached hydrogen (secondary N) is 1. The molecule has 7 nitrogen and oxygen atoms in total. The monoisotopic (exact) mass is 292 g/mol. The highest BCUT2D eigenvalue weighted by atomic mass is 19.1. The van der Waals surface area contributed by atoms with Gasteiger partial charge in [0.05, 0.1) is 0 Å². The van der Waals surface area contributed by atoms with Crippen LogP contribution in [-0.2, 0) is 11.3 Å². The molecule has 0 spiro atoms. The Kier molecular flexibility index (Phi) is 4.27. The first-order chi connectivity index (χ1) is 9.95. The Labute approximate surface area is 119 Å². The molecule has 0 saturated heterocycles. The van der Waals surface area contributed by atoms with Gasteiger partial charge in [-0.3, -0.25) is 4.79 Å². The summed E-state index contributed by atoms with van der Waals surface area (Å²) in [5.74, 6) is -0.969. The Bertz CT molecular complexity index is 684. The molecule has 110 valence electrons. The van der Waals surface area contributed by atoms with Crippen molar-refractivity contribution in [2.75, 3.05) is 5.32 Å². The third-order valence-electron chi connectivity index (χ3n) is 2.86. The summed E-state index contributed by atoms with van der Waals surface area (Å²) >= 11 is 0. The van der Waals surface area contributed by atoms with Crippen LogP contribution < -0.4 is 5.32 Å². The molecule has 0 atom stereocenters. The standard InChI is InChI=1S/C13H13FN4O3/c1-9-2-3-10(6-11(9)14)16-13(19)4-5-17-7-12(15-8-17)18(20)21/h2-3,6-8H,4-5H2,1H3,(H,16,19). The third-order valence-corrected chi connectivity index (χ3v) is 2.86. The predicted octanol–water partition coefficient (Wildman–Crippen LogP) is 2.27. The Hall–Kier alpha value is -2.77. The van der Waals surface area contributed by atoms with Gasteiger partial charge in [0.1, 0.15) is 12.0 Å². The fraction of sp³-hybridized carbons (Fsp3) is 0.231. The van der Waals surface area contributed by atoms with Crippen LogP contribution in [0.2, 0.25) is 0 Å². The molecule has 1 heterocycles. The zero-order valence-corrected chi connectivity index (χ0v) is 11.2. The summed E-state index contributed by atoms with van der Waals surface area (Å²) in [6.45, 7) is 1.88. The van der Waals surface area contributed by atoms with Gasteiger partial charge in [0.25, 0.3) is 0 Å². The summed E-state index contributed by atoms with van der Waals surface area (Å²) in [5, 5.41) is 13.0. The molecule has 0 saturated carbocycles. The maximum absolute atomic E-state index is 13.3. The number of aryl methyl sites for hydroxylation is 2. The normalized spacial score (nSPS) is 10.4. The van der Waals surface area contributed by atoms with Crippen LogP contribution in [0.3, 0.4) is 0 Å². The van der Waals surface area contributed by atoms with Crippen LogP contribution in [0.5, 0.6) is 0 Å². The number of aromatic nitrogens is 2. The van der Waals surface area contributed by atoms with Crippen LogP contribution in [0.4, 0.5) is 15.9 Å². The minimum absolute atomic E-state index is 0.100. The van der Waals surface area contributed by atoms with Crippen molar-refractivity contribution in [2.45, 2.75) is 19.9 Å². The predicted molar refractivity (Wildman–Crippen MR) is 73.3 cm³/mol. The molecule has 0 fully saturated rings. The van der Waals surface area contributed by atoms with E-state index in [1.54, 1.807) is 19.1 Å². The van der Waals surface area contributed by atoms with Crippen LogP contribution in [0, 0.1) is 22.9 Å². The Balaban J connectivity index is 1.89. The topological polar surface area (TPSA) is 90.1 Å². The maximum Gasteiger partial charge on any atom is 0.381 e. The molecule has 21 heavy (non-hydrogen) atoms. The number of carbonyl (C=O) groups excluding carboxylic acids is 1. The van der Waals surface area contributed by atoms with Gasteiger partial charge in [-0.05, 0) is 34.5 Å². The zero-order chi connectivity index (χ0) is 15.4. The fourth-order valence-corrected chi connectivity index (χ4v) is 1.69. The maximum atomic E-state index is 13.3. The molecule has 8 heteroatoms. The molecule has 1 N–H and O–H groups in total. The molecule has 0 aliphatic carbocycles. The Morgan fingerprint density at radius 3 is 2.90 bits per heavy atom. The minimum Gasteiger partial charge on any atom is -0.358 e. The number of amides is 1. The van der Waals surface area contributed by atoms with Gasteiger partial charge in [0.2, 0.25) is 12.2 Å². The van der Waals surface area contributed by atoms with Crippen LogP contribution in [0.25, 0.3) is 0 Å². The van der Waals surface area contributed by atoms with Crippen LogP contribution >= 0.6 is 0 Å². The number of benzene rings is 1. The Morgan fingerprint density at radius 1 is 1.52 bits per heavy atom. The molecular formula is C13H13FN4O3. The summed E-state index contributed by atoms with van der Waals surface area (Å²) in [4.78, 5) is 25.2. The van der Waals surface area contributed by atoms with Gasteiger partial charge in [-0.2, -0.15) is 0 Å². The second-order valence-corrected chi connectivity index (χ2v) is 4.49. The summed E-state index contributed by atoms with van der Waals surface area (Å²) in [6, 6.07) is 4.43. The fourth-order valence-electron chi connectivity index (χ4n) is 1.69. The highest BCUT2D eigenvalue weighted by molar-refractivity contribution is 5.90. The number of carbonyl (C=O) groups is 1. The van der Waals surface area contributed by atoms with E-state index < -0.39 is 10.7 Å². The molecule has 0 aliphatic rings. The first-order valence-corrected chi connectivity index (χ1v) is 6.18. The molecule has 2 rings (SSSR count). The molecule has 1 aromatic carbocycles. The minimum atomic E-state index is -0.606. The number of halogens is 1. The van der Waals surface area contributed by atoms with Crippen molar-refractivity contribution in [3.63, 3.8) is 0 Å². The number of rotatable bonds is 5. The number of nitro groups is 1. The lowest BCUT2D eigenvalue weighted by atomic mass is 10.2. The highest BCUT2D eigenvalue weighted by Gasteiger charge is 2.11. The lowest BCUT2D eigenvalue weighted by Crippen LogP contribution is -2.14. The molecule has 0 radical (unpaired) electrons. The van der Waals surface area contributed by atoms with E-state index in [9.17, 15) is 19.3 Å². The molecule has 0 unspecified atom stereocenters. The quantitative estimate of drug-likeness (QED) is 0.676. The largest absolute Gasteiger partial charge is 0.381 e. The van der Waals surface area contributed by atoms with Gasteiger partial charge in [0, 0.05) is 18.7 Å². The lowest BCUT2D eigenvalue weighted by molar-refractivity contribution is -0.389. The SMILES string of the molecule is Cc1ccc(NC(=O)CCn2cnc([N+](=O)[O-])c2)cc1F. The molecule has 1 aromatic heterocycles. The number of anilines is 1. The second kappa shape index (κ2) is 6.12. The molecule has 2 aromatic rings. The van der Waals surface area contributed by atoms with Crippen LogP contribution in [-0.4, -0.2) is 20.4 Å². The lowest BCUT2D eigenvalue weighted by Gasteiger charge is -2.06. The van der Waals surface area contributed by atoms with E-state index in [-0.39, 0.29) is 24.7 Å². The van der Waals surface area contributed by atoms with Gasteiger partial charge < -0.3 is 20.0 Å². The summed E-state index contributed by atoms with van der Waals surface area (Å²) in [6.07, 6.45) is 2.64. The van der Waals surface area contributed by atoms with Crippen molar-refractivity contribution in [1.82, 2.24) is 9.55 Å². The third kappa shape index (κ3) is 3.85. The van der Waals surface area contributed by atoms with E-state index >= 15 is 0 Å². The summed E-state index contributed by atoms with van der Waals surface area (Å²) in [5.41, 5.74) is 0.874. The van der Waals surface area contributed by atoms with Crippen LogP contribution in [0.15, 0.2) is 30.7 Å². The van der Waals surface area contributed by atoms with E-state index in [0.717, 1.165) is 0 Å². The number of hydrogen-bond acceptors (Lipinski definition) is 4. The van der Waals surface area contributed by atoms with Crippen molar-refractivity contribution in [3.05, 3.63) is 52.2 Å². The zero-order valence-electron chi connectivity index (χ0n) is 11.2. The van der Waals surface area contributed by atoms with Crippen LogP contribution in [0.1, 0.15) is 12.0 Å². The van der Waals surface area contributed by atoms with Crippen molar-refractivity contribution in [3.8, 4) is 0 Å². The van der Waals surface area contributed by atoms with Crippen molar-refractivity contribution >= 4 is 17.4 Å². The summed E-state index contributed by atoms with van der Waals surface area (Å²) in [7, 11) is 0. The van der Waals surface area contributed by atoms with Crippen molar-refractivity contribution in [2.24, 2.45) is 0 Å². The van der Waals surface area contributed by atoms with E-state index in [4.69, 9.17) is 0 Å². The molecular weight excluding hydrogens is 279 g/mol. The number of hydrogen-bond donors (Lipinski definition) is 1. The van der Waals surface area contributed by atoms with E-state index in [1.165, 1.54) is 23.2 Å². The molecule has 0 aliphatic heterocycles. The van der Waals surface area contributed by atoms with Gasteiger partial charge in [0.15, 0.2) is 0 Å². The highest BCUT2D eigenvalue weighted by Crippen LogP contribution is 2.14. The number of nitrogens with zero attached hydrogens (tertiary/aromatic N) is 3. The average molecular weight is 292 g/mol. The van der Waals surface area contributed by atoms with Gasteiger partial charge in [-0.15, -0.1) is 0 Å².